The third-order valence-corrected chi connectivity index (χ3v) is 4.75. The van der Waals surface area contributed by atoms with Gasteiger partial charge in [0.05, 0.1) is 27.3 Å². The minimum Gasteiger partial charge on any atom is -0.543 e. The Hall–Kier alpha value is -3.41. The molecule has 0 spiro atoms. The van der Waals surface area contributed by atoms with Gasteiger partial charge in [0.1, 0.15) is 34.1 Å². The molecule has 4 aromatic rings. The van der Waals surface area contributed by atoms with Gasteiger partial charge in [-0.15, -0.1) is 0 Å². The van der Waals surface area contributed by atoms with Crippen molar-refractivity contribution in [1.82, 2.24) is 14.4 Å². The van der Waals surface area contributed by atoms with Crippen LogP contribution in [0.2, 0.25) is 0 Å². The van der Waals surface area contributed by atoms with E-state index in [9.17, 15) is 9.90 Å². The zero-order chi connectivity index (χ0) is 21.3. The number of benzene rings is 2. The minimum absolute atomic E-state index is 0. The van der Waals surface area contributed by atoms with Crippen molar-refractivity contribution in [3.05, 3.63) is 53.9 Å². The number of hydrogen-bond donors (Lipinski definition) is 1. The van der Waals surface area contributed by atoms with E-state index in [-0.39, 0.29) is 24.6 Å². The SMILES string of the molecule is COc1ccc(CNc2nc3c(OC)cccc3c3nc(C(=O)[O-])cn23)c(OC)c1.[Li+]. The standard InChI is InChI=1S/C21H20N4O5.Li/c1-28-13-8-7-12(17(9-13)30-3)10-22-21-24-18-14(5-4-6-16(18)29-2)19-23-15(20(26)27)11-25(19)21;/h4-9,11H,10H2,1-3H3,(H,22,24)(H,26,27);/q;+1/p-1. The van der Waals surface area contributed by atoms with Gasteiger partial charge in [-0.25, -0.2) is 9.97 Å². The summed E-state index contributed by atoms with van der Waals surface area (Å²) >= 11 is 0. The number of fused-ring (bicyclic) bond motifs is 3. The van der Waals surface area contributed by atoms with Gasteiger partial charge in [-0.05, 0) is 24.3 Å². The topological polar surface area (TPSA) is 110 Å². The average Bonchev–Trinajstić information content (AvgIpc) is 3.23. The van der Waals surface area contributed by atoms with E-state index in [2.05, 4.69) is 15.3 Å². The number of carboxylic acid groups (broad SMARTS) is 1. The van der Waals surface area contributed by atoms with Crippen molar-refractivity contribution in [3.8, 4) is 17.2 Å². The van der Waals surface area contributed by atoms with E-state index >= 15 is 0 Å². The number of nitrogens with zero attached hydrogens (tertiary/aromatic N) is 3. The molecule has 2 aromatic carbocycles. The molecular formula is C21H19LiN4O5. The fraction of sp³-hybridized carbons (Fsp3) is 0.190. The van der Waals surface area contributed by atoms with Crippen molar-refractivity contribution in [1.29, 1.82) is 0 Å². The third-order valence-electron chi connectivity index (χ3n) is 4.75. The van der Waals surface area contributed by atoms with Crippen LogP contribution >= 0.6 is 0 Å². The summed E-state index contributed by atoms with van der Waals surface area (Å²) in [6, 6.07) is 10.9. The summed E-state index contributed by atoms with van der Waals surface area (Å²) in [6.45, 7) is 0.370. The number of aromatic carboxylic acids is 1. The molecule has 0 aliphatic heterocycles. The molecule has 0 radical (unpaired) electrons. The van der Waals surface area contributed by atoms with Gasteiger partial charge in [-0.1, -0.05) is 6.07 Å². The molecule has 31 heavy (non-hydrogen) atoms. The minimum atomic E-state index is -1.36. The summed E-state index contributed by atoms with van der Waals surface area (Å²) in [5.74, 6) is 0.924. The average molecular weight is 414 g/mol. The predicted octanol–water partition coefficient (Wildman–Crippen LogP) is -1.11. The van der Waals surface area contributed by atoms with Crippen molar-refractivity contribution in [3.63, 3.8) is 0 Å². The van der Waals surface area contributed by atoms with E-state index in [1.807, 2.05) is 18.2 Å². The molecule has 4 rings (SSSR count). The molecule has 0 atom stereocenters. The number of hydrogen-bond acceptors (Lipinski definition) is 8. The summed E-state index contributed by atoms with van der Waals surface area (Å²) in [6.07, 6.45) is 1.38. The number of carbonyl (C=O) groups excluding carboxylic acids is 1. The van der Waals surface area contributed by atoms with E-state index in [1.165, 1.54) is 6.20 Å². The molecule has 0 amide bonds. The van der Waals surface area contributed by atoms with Gasteiger partial charge in [0.2, 0.25) is 5.95 Å². The van der Waals surface area contributed by atoms with Crippen LogP contribution in [0.25, 0.3) is 16.6 Å². The fourth-order valence-corrected chi connectivity index (χ4v) is 3.27. The molecule has 0 unspecified atom stereocenters. The molecule has 2 heterocycles. The number of rotatable bonds is 7. The summed E-state index contributed by atoms with van der Waals surface area (Å²) in [5.41, 5.74) is 1.68. The molecule has 0 aliphatic carbocycles. The van der Waals surface area contributed by atoms with Crippen LogP contribution in [0.4, 0.5) is 5.95 Å². The second-order valence-corrected chi connectivity index (χ2v) is 6.43. The zero-order valence-corrected chi connectivity index (χ0v) is 17.6. The molecule has 9 nitrogen and oxygen atoms in total. The van der Waals surface area contributed by atoms with Crippen LogP contribution in [0.15, 0.2) is 42.6 Å². The Bertz CT molecular complexity index is 1260. The summed E-state index contributed by atoms with van der Waals surface area (Å²) in [7, 11) is 4.72. The summed E-state index contributed by atoms with van der Waals surface area (Å²) in [4.78, 5) is 20.3. The molecule has 1 N–H and O–H groups in total. The van der Waals surface area contributed by atoms with Gasteiger partial charge >= 0.3 is 18.9 Å². The first kappa shape index (κ1) is 22.3. The first-order valence-electron chi connectivity index (χ1n) is 9.07. The maximum absolute atomic E-state index is 11.4. The quantitative estimate of drug-likeness (QED) is 0.379. The number of anilines is 1. The van der Waals surface area contributed by atoms with Crippen LogP contribution < -0.4 is 43.5 Å². The molecule has 2 aromatic heterocycles. The number of carboxylic acids is 1. The van der Waals surface area contributed by atoms with E-state index in [0.717, 1.165) is 5.56 Å². The maximum atomic E-state index is 11.4. The molecular weight excluding hydrogens is 395 g/mol. The Morgan fingerprint density at radius 1 is 1.06 bits per heavy atom. The van der Waals surface area contributed by atoms with Crippen molar-refractivity contribution in [2.24, 2.45) is 0 Å². The van der Waals surface area contributed by atoms with Crippen molar-refractivity contribution >= 4 is 28.5 Å². The van der Waals surface area contributed by atoms with Crippen LogP contribution in [-0.4, -0.2) is 41.7 Å². The maximum Gasteiger partial charge on any atom is 1.00 e. The van der Waals surface area contributed by atoms with Crippen molar-refractivity contribution in [2.45, 2.75) is 6.54 Å². The number of nitrogens with one attached hydrogen (secondary N) is 1. The van der Waals surface area contributed by atoms with Gasteiger partial charge < -0.3 is 29.4 Å². The summed E-state index contributed by atoms with van der Waals surface area (Å²) in [5, 5.41) is 15.3. The second kappa shape index (κ2) is 9.16. The second-order valence-electron chi connectivity index (χ2n) is 6.43. The van der Waals surface area contributed by atoms with Crippen molar-refractivity contribution < 1.29 is 43.0 Å². The number of methoxy groups -OCH3 is 3. The van der Waals surface area contributed by atoms with E-state index < -0.39 is 5.97 Å². The Morgan fingerprint density at radius 2 is 1.84 bits per heavy atom. The van der Waals surface area contributed by atoms with Gasteiger partial charge in [0.15, 0.2) is 0 Å². The normalized spacial score (nSPS) is 10.5. The van der Waals surface area contributed by atoms with Crippen LogP contribution in [0.3, 0.4) is 0 Å². The van der Waals surface area contributed by atoms with Crippen LogP contribution in [0.5, 0.6) is 17.2 Å². The molecule has 0 fully saturated rings. The molecule has 0 aliphatic rings. The Kier molecular flexibility index (Phi) is 6.58. The smallest absolute Gasteiger partial charge is 0.543 e. The van der Waals surface area contributed by atoms with Gasteiger partial charge in [0.25, 0.3) is 0 Å². The number of imidazole rings is 1. The Balaban J connectivity index is 0.00000272. The monoisotopic (exact) mass is 414 g/mol. The molecule has 0 saturated heterocycles. The van der Waals surface area contributed by atoms with E-state index in [4.69, 9.17) is 14.2 Å². The fourth-order valence-electron chi connectivity index (χ4n) is 3.27. The molecule has 0 saturated carbocycles. The molecule has 10 heteroatoms. The van der Waals surface area contributed by atoms with E-state index in [0.29, 0.717) is 46.3 Å². The largest absolute Gasteiger partial charge is 1.00 e. The van der Waals surface area contributed by atoms with Crippen LogP contribution in [0, 0.1) is 0 Å². The first-order valence-corrected chi connectivity index (χ1v) is 9.07. The predicted molar refractivity (Wildman–Crippen MR) is 108 cm³/mol. The number of aromatic nitrogens is 3. The number of ether oxygens (including phenoxy) is 3. The van der Waals surface area contributed by atoms with Gasteiger partial charge in [-0.2, -0.15) is 0 Å². The number of para-hydroxylation sites is 1. The van der Waals surface area contributed by atoms with E-state index in [1.54, 1.807) is 43.9 Å². The zero-order valence-electron chi connectivity index (χ0n) is 17.6. The van der Waals surface area contributed by atoms with Gasteiger partial charge in [0, 0.05) is 29.8 Å². The Morgan fingerprint density at radius 3 is 2.52 bits per heavy atom. The molecule has 154 valence electrons. The third kappa shape index (κ3) is 4.10. The Labute approximate surface area is 190 Å². The summed E-state index contributed by atoms with van der Waals surface area (Å²) < 4.78 is 17.7. The van der Waals surface area contributed by atoms with Crippen LogP contribution in [-0.2, 0) is 6.54 Å². The molecule has 0 bridgehead atoms. The number of carbonyl (C=O) groups is 1. The van der Waals surface area contributed by atoms with Crippen LogP contribution in [0.1, 0.15) is 16.1 Å². The van der Waals surface area contributed by atoms with Gasteiger partial charge in [-0.3, -0.25) is 4.40 Å². The first-order chi connectivity index (χ1) is 14.5. The van der Waals surface area contributed by atoms with Crippen molar-refractivity contribution in [2.75, 3.05) is 26.6 Å².